The van der Waals surface area contributed by atoms with Crippen LogP contribution in [0.25, 0.3) is 0 Å². The Morgan fingerprint density at radius 2 is 1.92 bits per heavy atom. The lowest BCUT2D eigenvalue weighted by molar-refractivity contribution is 0.0194. The van der Waals surface area contributed by atoms with Crippen LogP contribution in [0.2, 0.25) is 0 Å². The molecule has 3 aliphatic rings. The Labute approximate surface area is 228 Å². The maximum atomic E-state index is 14.4. The SMILES string of the molecule is CO[C@H]1CCN(c2nccc(Nc3cc(NC4CCCC4)c(C(=O)N4CC(CS(C)(=O)=O)C4)cn3)n2)C[C@H]1F. The molecule has 3 fully saturated rings. The molecule has 2 aromatic heterocycles. The number of hydrogen-bond acceptors (Lipinski definition) is 10. The monoisotopic (exact) mass is 561 g/mol. The molecule has 0 radical (unpaired) electrons. The molecular formula is C26H36FN7O4S. The Balaban J connectivity index is 1.31. The van der Waals surface area contributed by atoms with Crippen molar-refractivity contribution < 1.29 is 22.3 Å². The molecule has 1 aliphatic carbocycles. The highest BCUT2D eigenvalue weighted by Gasteiger charge is 2.35. The molecule has 2 saturated heterocycles. The van der Waals surface area contributed by atoms with Gasteiger partial charge in [0.1, 0.15) is 27.6 Å². The number of pyridine rings is 1. The van der Waals surface area contributed by atoms with Gasteiger partial charge in [-0.25, -0.2) is 22.8 Å². The number of methoxy groups -OCH3 is 1. The third kappa shape index (κ3) is 6.75. The number of ether oxygens (including phenoxy) is 1. The number of hydrogen-bond donors (Lipinski definition) is 2. The van der Waals surface area contributed by atoms with E-state index in [1.165, 1.54) is 13.4 Å². The number of alkyl halides is 1. The highest BCUT2D eigenvalue weighted by molar-refractivity contribution is 7.90. The molecule has 1 saturated carbocycles. The van der Waals surface area contributed by atoms with Crippen LogP contribution in [0.15, 0.2) is 24.5 Å². The summed E-state index contributed by atoms with van der Waals surface area (Å²) in [7, 11) is -1.56. The first kappa shape index (κ1) is 27.5. The lowest BCUT2D eigenvalue weighted by atomic mass is 10.0. The number of anilines is 4. The highest BCUT2D eigenvalue weighted by Crippen LogP contribution is 2.30. The number of nitrogens with one attached hydrogen (secondary N) is 2. The standard InChI is InChI=1S/C26H36FN7O4S/c1-38-22-8-10-33(15-20(22)27)26-28-9-7-23(32-26)31-24-11-21(30-18-5-3-4-6-18)19(12-29-24)25(35)34-13-17(14-34)16-39(2,36)37/h7,9,11-12,17-18,20,22H,3-6,8,10,13-16H2,1-2H3,(H2,28,29,30,31,32)/t20-,22+/m1/s1. The zero-order valence-corrected chi connectivity index (χ0v) is 23.2. The van der Waals surface area contributed by atoms with Crippen LogP contribution in [-0.4, -0.2) is 97.8 Å². The Kier molecular flexibility index (Phi) is 8.17. The fourth-order valence-electron chi connectivity index (χ4n) is 5.58. The van der Waals surface area contributed by atoms with Crippen molar-refractivity contribution in [3.05, 3.63) is 30.1 Å². The molecule has 11 nitrogen and oxygen atoms in total. The van der Waals surface area contributed by atoms with E-state index in [0.29, 0.717) is 54.9 Å². The number of piperidine rings is 1. The fraction of sp³-hybridized carbons (Fsp3) is 0.615. The average Bonchev–Trinajstić information content (AvgIpc) is 3.38. The van der Waals surface area contributed by atoms with Gasteiger partial charge in [-0.2, -0.15) is 4.98 Å². The van der Waals surface area contributed by atoms with E-state index in [1.807, 2.05) is 6.07 Å². The van der Waals surface area contributed by atoms with Gasteiger partial charge in [-0.1, -0.05) is 12.8 Å². The first-order valence-electron chi connectivity index (χ1n) is 13.4. The smallest absolute Gasteiger partial charge is 0.257 e. The van der Waals surface area contributed by atoms with Gasteiger partial charge in [-0.3, -0.25) is 4.79 Å². The average molecular weight is 562 g/mol. The highest BCUT2D eigenvalue weighted by atomic mass is 32.2. The van der Waals surface area contributed by atoms with Crippen LogP contribution in [0.5, 0.6) is 0 Å². The summed E-state index contributed by atoms with van der Waals surface area (Å²) in [6, 6.07) is 3.80. The molecule has 2 aromatic rings. The van der Waals surface area contributed by atoms with Gasteiger partial charge in [-0.15, -0.1) is 0 Å². The Bertz CT molecular complexity index is 1280. The van der Waals surface area contributed by atoms with Crippen LogP contribution in [0.3, 0.4) is 0 Å². The van der Waals surface area contributed by atoms with E-state index in [1.54, 1.807) is 28.3 Å². The van der Waals surface area contributed by atoms with Crippen molar-refractivity contribution in [2.24, 2.45) is 5.92 Å². The van der Waals surface area contributed by atoms with Gasteiger partial charge in [0.25, 0.3) is 5.91 Å². The molecule has 212 valence electrons. The fourth-order valence-corrected chi connectivity index (χ4v) is 6.64. The van der Waals surface area contributed by atoms with Crippen molar-refractivity contribution in [1.29, 1.82) is 0 Å². The molecule has 4 heterocycles. The molecule has 2 N–H and O–H groups in total. The van der Waals surface area contributed by atoms with Crippen molar-refractivity contribution in [1.82, 2.24) is 19.9 Å². The summed E-state index contributed by atoms with van der Waals surface area (Å²) in [5, 5.41) is 6.73. The normalized spacial score (nSPS) is 22.5. The summed E-state index contributed by atoms with van der Waals surface area (Å²) >= 11 is 0. The second-order valence-corrected chi connectivity index (χ2v) is 13.0. The summed E-state index contributed by atoms with van der Waals surface area (Å²) in [5.74, 6) is 1.33. The topological polar surface area (TPSA) is 130 Å². The van der Waals surface area contributed by atoms with Crippen molar-refractivity contribution in [2.75, 3.05) is 60.8 Å². The van der Waals surface area contributed by atoms with Crippen LogP contribution in [0, 0.1) is 5.92 Å². The largest absolute Gasteiger partial charge is 0.382 e. The molecular weight excluding hydrogens is 525 g/mol. The van der Waals surface area contributed by atoms with E-state index >= 15 is 0 Å². The van der Waals surface area contributed by atoms with E-state index in [2.05, 4.69) is 25.6 Å². The molecule has 1 amide bonds. The predicted molar refractivity (Wildman–Crippen MR) is 147 cm³/mol. The number of carbonyl (C=O) groups is 1. The lowest BCUT2D eigenvalue weighted by Crippen LogP contribution is -2.52. The minimum Gasteiger partial charge on any atom is -0.382 e. The van der Waals surface area contributed by atoms with E-state index in [-0.39, 0.29) is 30.2 Å². The minimum atomic E-state index is -3.08. The molecule has 0 unspecified atom stereocenters. The summed E-state index contributed by atoms with van der Waals surface area (Å²) in [4.78, 5) is 30.1. The first-order valence-corrected chi connectivity index (χ1v) is 15.5. The number of nitrogens with zero attached hydrogens (tertiary/aromatic N) is 5. The molecule has 39 heavy (non-hydrogen) atoms. The van der Waals surface area contributed by atoms with Crippen LogP contribution >= 0.6 is 0 Å². The van der Waals surface area contributed by atoms with Crippen molar-refractivity contribution in [3.8, 4) is 0 Å². The first-order chi connectivity index (χ1) is 18.7. The number of amides is 1. The van der Waals surface area contributed by atoms with Gasteiger partial charge in [0.15, 0.2) is 0 Å². The van der Waals surface area contributed by atoms with E-state index in [9.17, 15) is 17.6 Å². The van der Waals surface area contributed by atoms with E-state index in [0.717, 1.165) is 25.7 Å². The van der Waals surface area contributed by atoms with Crippen LogP contribution in [-0.2, 0) is 14.6 Å². The molecule has 2 atom stereocenters. The van der Waals surface area contributed by atoms with Crippen molar-refractivity contribution in [2.45, 2.75) is 50.4 Å². The van der Waals surface area contributed by atoms with Crippen molar-refractivity contribution >= 4 is 39.0 Å². The zero-order chi connectivity index (χ0) is 27.6. The minimum absolute atomic E-state index is 0.0380. The third-order valence-corrected chi connectivity index (χ3v) is 8.68. The van der Waals surface area contributed by atoms with Crippen LogP contribution in [0.1, 0.15) is 42.5 Å². The second-order valence-electron chi connectivity index (χ2n) is 10.8. The van der Waals surface area contributed by atoms with Crippen LogP contribution < -0.4 is 15.5 Å². The summed E-state index contributed by atoms with van der Waals surface area (Å²) in [6.07, 6.45) is 7.75. The predicted octanol–water partition coefficient (Wildman–Crippen LogP) is 2.65. The molecule has 2 aliphatic heterocycles. The summed E-state index contributed by atoms with van der Waals surface area (Å²) in [6.45, 7) is 1.59. The molecule has 5 rings (SSSR count). The van der Waals surface area contributed by atoms with E-state index in [4.69, 9.17) is 4.74 Å². The third-order valence-electron chi connectivity index (χ3n) is 7.60. The number of sulfone groups is 1. The van der Waals surface area contributed by atoms with Gasteiger partial charge in [0.05, 0.1) is 29.7 Å². The van der Waals surface area contributed by atoms with Gasteiger partial charge in [0, 0.05) is 63.4 Å². The maximum Gasteiger partial charge on any atom is 0.257 e. The van der Waals surface area contributed by atoms with Gasteiger partial charge >= 0.3 is 0 Å². The zero-order valence-electron chi connectivity index (χ0n) is 22.3. The van der Waals surface area contributed by atoms with Gasteiger partial charge in [-0.05, 0) is 25.3 Å². The quantitative estimate of drug-likeness (QED) is 0.471. The summed E-state index contributed by atoms with van der Waals surface area (Å²) < 4.78 is 42.8. The maximum absolute atomic E-state index is 14.4. The Hall–Kier alpha value is -3.06. The molecule has 0 bridgehead atoms. The second kappa shape index (κ2) is 11.6. The number of halogens is 1. The van der Waals surface area contributed by atoms with Gasteiger partial charge in [0.2, 0.25) is 5.95 Å². The number of likely N-dealkylation sites (tertiary alicyclic amines) is 1. The van der Waals surface area contributed by atoms with Crippen LogP contribution in [0.4, 0.5) is 27.7 Å². The number of carbonyl (C=O) groups excluding carboxylic acids is 1. The molecule has 0 aromatic carbocycles. The lowest BCUT2D eigenvalue weighted by Gasteiger charge is -2.39. The Morgan fingerprint density at radius 1 is 1.15 bits per heavy atom. The van der Waals surface area contributed by atoms with E-state index < -0.39 is 22.1 Å². The molecule has 13 heteroatoms. The number of aromatic nitrogens is 3. The van der Waals surface area contributed by atoms with Crippen molar-refractivity contribution in [3.63, 3.8) is 0 Å². The molecule has 0 spiro atoms. The van der Waals surface area contributed by atoms with Gasteiger partial charge < -0.3 is 25.2 Å². The number of rotatable bonds is 9. The summed E-state index contributed by atoms with van der Waals surface area (Å²) in [5.41, 5.74) is 1.15. The Morgan fingerprint density at radius 3 is 2.62 bits per heavy atom.